The van der Waals surface area contributed by atoms with Crippen LogP contribution in [0.4, 0.5) is 15.8 Å². The van der Waals surface area contributed by atoms with E-state index >= 15 is 0 Å². The Morgan fingerprint density at radius 3 is 2.48 bits per heavy atom. The Labute approximate surface area is 122 Å². The molecule has 2 aromatic carbocycles. The molecule has 0 saturated carbocycles. The predicted octanol–water partition coefficient (Wildman–Crippen LogP) is 3.41. The van der Waals surface area contributed by atoms with Gasteiger partial charge in [-0.15, -0.1) is 0 Å². The fourth-order valence-corrected chi connectivity index (χ4v) is 2.48. The van der Waals surface area contributed by atoms with Crippen molar-refractivity contribution in [1.82, 2.24) is 4.90 Å². The third kappa shape index (κ3) is 2.29. The average molecular weight is 282 g/mol. The van der Waals surface area contributed by atoms with E-state index in [1.54, 1.807) is 17.2 Å². The van der Waals surface area contributed by atoms with Gasteiger partial charge in [-0.1, -0.05) is 18.2 Å². The molecule has 0 fully saturated rings. The van der Waals surface area contributed by atoms with Crippen molar-refractivity contribution in [1.29, 1.82) is 0 Å². The molecule has 0 aliphatic carbocycles. The summed E-state index contributed by atoms with van der Waals surface area (Å²) in [7, 11) is 3.71. The second-order valence-electron chi connectivity index (χ2n) is 5.14. The molecule has 106 valence electrons. The molecule has 3 rings (SSSR count). The first-order valence-corrected chi connectivity index (χ1v) is 6.65. The topological polar surface area (TPSA) is 23.6 Å². The maximum Gasteiger partial charge on any atom is 0.265 e. The maximum atomic E-state index is 13.6. The Morgan fingerprint density at radius 2 is 1.81 bits per heavy atom. The van der Waals surface area contributed by atoms with Crippen LogP contribution in [0.15, 0.2) is 54.7 Å². The van der Waals surface area contributed by atoms with Gasteiger partial charge in [0.25, 0.3) is 5.91 Å². The van der Waals surface area contributed by atoms with Crippen LogP contribution in [0.2, 0.25) is 0 Å². The van der Waals surface area contributed by atoms with E-state index in [1.165, 1.54) is 12.1 Å². The zero-order valence-electron chi connectivity index (χ0n) is 11.9. The van der Waals surface area contributed by atoms with E-state index in [2.05, 4.69) is 0 Å². The first-order chi connectivity index (χ1) is 10.1. The number of nitrogens with zero attached hydrogens (tertiary/aromatic N) is 2. The minimum Gasteiger partial charge on any atom is -0.383 e. The summed E-state index contributed by atoms with van der Waals surface area (Å²) in [6.07, 6.45) is 1.77. The average Bonchev–Trinajstić information content (AvgIpc) is 2.71. The Balaban J connectivity index is 2.20. The van der Waals surface area contributed by atoms with E-state index in [4.69, 9.17) is 0 Å². The van der Waals surface area contributed by atoms with E-state index in [0.717, 1.165) is 11.3 Å². The number of amides is 1. The molecule has 0 spiro atoms. The van der Waals surface area contributed by atoms with Gasteiger partial charge in [-0.2, -0.15) is 0 Å². The lowest BCUT2D eigenvalue weighted by Crippen LogP contribution is -2.21. The largest absolute Gasteiger partial charge is 0.383 e. The molecule has 0 aromatic heterocycles. The van der Waals surface area contributed by atoms with E-state index in [1.807, 2.05) is 49.3 Å². The summed E-state index contributed by atoms with van der Waals surface area (Å²) in [6.45, 7) is 0. The predicted molar refractivity (Wildman–Crippen MR) is 81.7 cm³/mol. The summed E-state index contributed by atoms with van der Waals surface area (Å²) >= 11 is 0. The lowest BCUT2D eigenvalue weighted by molar-refractivity contribution is -0.112. The van der Waals surface area contributed by atoms with Gasteiger partial charge in [0, 0.05) is 31.5 Å². The monoisotopic (exact) mass is 282 g/mol. The number of benzene rings is 2. The van der Waals surface area contributed by atoms with Gasteiger partial charge in [-0.3, -0.25) is 9.69 Å². The van der Waals surface area contributed by atoms with Gasteiger partial charge >= 0.3 is 0 Å². The Bertz CT molecular complexity index is 723. The highest BCUT2D eigenvalue weighted by atomic mass is 19.1. The van der Waals surface area contributed by atoms with Crippen LogP contribution in [-0.2, 0) is 4.79 Å². The Hall–Kier alpha value is -2.62. The van der Waals surface area contributed by atoms with Gasteiger partial charge in [-0.25, -0.2) is 4.39 Å². The van der Waals surface area contributed by atoms with Crippen molar-refractivity contribution in [2.45, 2.75) is 0 Å². The van der Waals surface area contributed by atoms with Crippen molar-refractivity contribution < 1.29 is 9.18 Å². The van der Waals surface area contributed by atoms with Crippen molar-refractivity contribution in [2.24, 2.45) is 0 Å². The smallest absolute Gasteiger partial charge is 0.265 e. The number of rotatable bonds is 2. The molecule has 1 heterocycles. The van der Waals surface area contributed by atoms with Crippen LogP contribution in [0.1, 0.15) is 5.56 Å². The van der Waals surface area contributed by atoms with Crippen LogP contribution in [-0.4, -0.2) is 24.9 Å². The molecule has 2 aromatic rings. The lowest BCUT2D eigenvalue weighted by atomic mass is 10.1. The van der Waals surface area contributed by atoms with Crippen LogP contribution >= 0.6 is 0 Å². The summed E-state index contributed by atoms with van der Waals surface area (Å²) < 4.78 is 13.6. The zero-order valence-corrected chi connectivity index (χ0v) is 11.9. The van der Waals surface area contributed by atoms with Crippen molar-refractivity contribution in [3.63, 3.8) is 0 Å². The summed E-state index contributed by atoms with van der Waals surface area (Å²) in [5.41, 5.74) is 2.63. The normalized spacial score (nSPS) is 15.5. The highest BCUT2D eigenvalue weighted by molar-refractivity contribution is 6.34. The van der Waals surface area contributed by atoms with E-state index < -0.39 is 0 Å². The van der Waals surface area contributed by atoms with Gasteiger partial charge in [0.15, 0.2) is 0 Å². The number of para-hydroxylation sites is 1. The molecule has 0 atom stereocenters. The molecule has 0 unspecified atom stereocenters. The van der Waals surface area contributed by atoms with Gasteiger partial charge < -0.3 is 4.90 Å². The van der Waals surface area contributed by atoms with E-state index in [0.29, 0.717) is 11.3 Å². The van der Waals surface area contributed by atoms with Gasteiger partial charge in [0.05, 0.1) is 11.3 Å². The molecular formula is C17H15FN2O. The van der Waals surface area contributed by atoms with Crippen LogP contribution in [0.5, 0.6) is 0 Å². The summed E-state index contributed by atoms with van der Waals surface area (Å²) in [6, 6.07) is 13.7. The molecular weight excluding hydrogens is 267 g/mol. The van der Waals surface area contributed by atoms with Gasteiger partial charge in [0.1, 0.15) is 5.82 Å². The number of halogens is 1. The number of carbonyl (C=O) groups excluding carboxylic acids is 1. The molecule has 4 heteroatoms. The highest BCUT2D eigenvalue weighted by Gasteiger charge is 2.33. The van der Waals surface area contributed by atoms with Crippen molar-refractivity contribution >= 4 is 22.9 Å². The first-order valence-electron chi connectivity index (χ1n) is 6.65. The van der Waals surface area contributed by atoms with Crippen molar-refractivity contribution in [3.8, 4) is 0 Å². The van der Waals surface area contributed by atoms with Crippen LogP contribution in [0.3, 0.4) is 0 Å². The van der Waals surface area contributed by atoms with E-state index in [-0.39, 0.29) is 11.7 Å². The standard InChI is InChI=1S/C17H15FN2O/c1-19(2)11-15-14-9-8-12(18)10-16(14)20(17(15)21)13-6-4-3-5-7-13/h3-11H,1-2H3. The Kier molecular flexibility index (Phi) is 3.22. The SMILES string of the molecule is CN(C)C=C1C(=O)N(c2ccccc2)c2cc(F)ccc21. The second-order valence-corrected chi connectivity index (χ2v) is 5.14. The molecule has 21 heavy (non-hydrogen) atoms. The first kappa shape index (κ1) is 13.4. The quantitative estimate of drug-likeness (QED) is 0.788. The van der Waals surface area contributed by atoms with E-state index in [9.17, 15) is 9.18 Å². The summed E-state index contributed by atoms with van der Waals surface area (Å²) in [5.74, 6) is -0.496. The molecule has 0 bridgehead atoms. The molecule has 1 amide bonds. The third-order valence-corrected chi connectivity index (χ3v) is 3.33. The van der Waals surface area contributed by atoms with Crippen molar-refractivity contribution in [2.75, 3.05) is 19.0 Å². The lowest BCUT2D eigenvalue weighted by Gasteiger charge is -2.17. The second kappa shape index (κ2) is 5.05. The number of fused-ring (bicyclic) bond motifs is 1. The molecule has 0 saturated heterocycles. The summed E-state index contributed by atoms with van der Waals surface area (Å²) in [4.78, 5) is 16.1. The molecule has 1 aliphatic heterocycles. The maximum absolute atomic E-state index is 13.6. The molecule has 0 radical (unpaired) electrons. The number of anilines is 2. The zero-order chi connectivity index (χ0) is 15.0. The number of hydrogen-bond donors (Lipinski definition) is 0. The minimum atomic E-state index is -0.353. The third-order valence-electron chi connectivity index (χ3n) is 3.33. The van der Waals surface area contributed by atoms with Crippen LogP contribution < -0.4 is 4.90 Å². The number of hydrogen-bond acceptors (Lipinski definition) is 2. The van der Waals surface area contributed by atoms with Gasteiger partial charge in [0.2, 0.25) is 0 Å². The fourth-order valence-electron chi connectivity index (χ4n) is 2.48. The molecule has 3 nitrogen and oxygen atoms in total. The molecule has 0 N–H and O–H groups in total. The van der Waals surface area contributed by atoms with Crippen molar-refractivity contribution in [3.05, 3.63) is 66.1 Å². The molecule has 1 aliphatic rings. The summed E-state index contributed by atoms with van der Waals surface area (Å²) in [5, 5.41) is 0. The minimum absolute atomic E-state index is 0.143. The highest BCUT2D eigenvalue weighted by Crippen LogP contribution is 2.41. The Morgan fingerprint density at radius 1 is 1.10 bits per heavy atom. The van der Waals surface area contributed by atoms with Gasteiger partial charge in [-0.05, 0) is 30.3 Å². The van der Waals surface area contributed by atoms with Crippen LogP contribution in [0.25, 0.3) is 5.57 Å². The fraction of sp³-hybridized carbons (Fsp3) is 0.118. The van der Waals surface area contributed by atoms with Crippen LogP contribution in [0, 0.1) is 5.82 Å². The number of carbonyl (C=O) groups is 1.